The average Bonchev–Trinajstić information content (AvgIpc) is 3.57. The van der Waals surface area contributed by atoms with Crippen LogP contribution in [0.25, 0.3) is 11.2 Å². The van der Waals surface area contributed by atoms with E-state index in [-0.39, 0.29) is 30.3 Å². The highest BCUT2D eigenvalue weighted by Crippen LogP contribution is 2.51. The SMILES string of the molecule is CCOc1nc(N)nc2c1ncn2C1O[C@@]2(CO[P@](=O)(N[C@@H](C)C(=O)OC(C)C)Oc3ccccc3)CO[C@@H]1[C@@H]2O. The quantitative estimate of drug-likeness (QED) is 0.204. The number of ether oxygens (including phenoxy) is 4. The highest BCUT2D eigenvalue weighted by molar-refractivity contribution is 7.52. The summed E-state index contributed by atoms with van der Waals surface area (Å²) in [5.74, 6) is -0.212. The third-order valence-corrected chi connectivity index (χ3v) is 8.10. The fourth-order valence-electron chi connectivity index (χ4n) is 4.60. The Morgan fingerprint density at radius 2 is 2.05 bits per heavy atom. The van der Waals surface area contributed by atoms with E-state index in [9.17, 15) is 14.5 Å². The minimum atomic E-state index is -4.22. The second kappa shape index (κ2) is 11.5. The number of aliphatic hydroxyl groups excluding tert-OH is 1. The standard InChI is InChI=1S/C25H33N6O9P/c1-5-35-21-17-20(28-24(26)29-21)31(13-27-17)22-18-19(32)25(39-22,11-36-18)12-37-41(34,40-16-9-7-6-8-10-16)30-15(4)23(33)38-14(2)3/h6-10,13-15,18-19,22,32H,5,11-12H2,1-4H3,(H,30,34)(H2,26,28,29)/t15-,18+,19-,22?,25+,41+/m0/s1. The number of para-hydroxylation sites is 1. The van der Waals surface area contributed by atoms with E-state index in [0.29, 0.717) is 17.8 Å². The van der Waals surface area contributed by atoms with E-state index in [2.05, 4.69) is 20.0 Å². The van der Waals surface area contributed by atoms with E-state index in [1.165, 1.54) is 13.3 Å². The van der Waals surface area contributed by atoms with Crippen molar-refractivity contribution < 1.29 is 42.5 Å². The number of benzene rings is 1. The molecular weight excluding hydrogens is 559 g/mol. The molecule has 2 aliphatic heterocycles. The number of carbonyl (C=O) groups is 1. The second-order valence-corrected chi connectivity index (χ2v) is 11.6. The number of nitrogens with two attached hydrogens (primary N) is 1. The van der Waals surface area contributed by atoms with Gasteiger partial charge >= 0.3 is 13.7 Å². The lowest BCUT2D eigenvalue weighted by Crippen LogP contribution is -2.46. The number of hydrogen-bond donors (Lipinski definition) is 3. The van der Waals surface area contributed by atoms with Crippen LogP contribution in [0.4, 0.5) is 5.95 Å². The maximum absolute atomic E-state index is 13.9. The number of anilines is 1. The molecule has 6 atom stereocenters. The third kappa shape index (κ3) is 5.87. The van der Waals surface area contributed by atoms with Gasteiger partial charge in [-0.15, -0.1) is 0 Å². The summed E-state index contributed by atoms with van der Waals surface area (Å²) in [6.07, 6.45) is -1.80. The largest absolute Gasteiger partial charge is 0.476 e. The van der Waals surface area contributed by atoms with Crippen LogP contribution in [-0.2, 0) is 28.1 Å². The topological polar surface area (TPSA) is 191 Å². The Morgan fingerprint density at radius 3 is 2.76 bits per heavy atom. The van der Waals surface area contributed by atoms with Gasteiger partial charge in [-0.2, -0.15) is 15.1 Å². The van der Waals surface area contributed by atoms with Crippen LogP contribution in [0.5, 0.6) is 11.6 Å². The Morgan fingerprint density at radius 1 is 1.29 bits per heavy atom. The molecule has 3 aromatic rings. The molecule has 16 heteroatoms. The predicted molar refractivity (Wildman–Crippen MR) is 144 cm³/mol. The zero-order chi connectivity index (χ0) is 29.4. The van der Waals surface area contributed by atoms with Gasteiger partial charge in [0.15, 0.2) is 17.4 Å². The van der Waals surface area contributed by atoms with E-state index in [1.807, 2.05) is 0 Å². The number of fused-ring (bicyclic) bond motifs is 3. The molecule has 222 valence electrons. The first-order chi connectivity index (χ1) is 19.5. The number of imidazole rings is 1. The summed E-state index contributed by atoms with van der Waals surface area (Å²) in [5.41, 5.74) is 5.15. The van der Waals surface area contributed by atoms with E-state index in [0.717, 1.165) is 0 Å². The van der Waals surface area contributed by atoms with Crippen molar-refractivity contribution in [2.24, 2.45) is 0 Å². The van der Waals surface area contributed by atoms with Crippen molar-refractivity contribution >= 4 is 30.8 Å². The molecular formula is C25H33N6O9P. The van der Waals surface area contributed by atoms with Gasteiger partial charge in [0, 0.05) is 0 Å². The highest BCUT2D eigenvalue weighted by Gasteiger charge is 2.63. The van der Waals surface area contributed by atoms with Crippen molar-refractivity contribution in [1.29, 1.82) is 0 Å². The first-order valence-electron chi connectivity index (χ1n) is 13.1. The number of nitrogen functional groups attached to an aromatic ring is 1. The van der Waals surface area contributed by atoms with Gasteiger partial charge in [-0.3, -0.25) is 13.9 Å². The molecule has 0 spiro atoms. The van der Waals surface area contributed by atoms with Crippen molar-refractivity contribution in [1.82, 2.24) is 24.6 Å². The van der Waals surface area contributed by atoms with Crippen LogP contribution in [0.15, 0.2) is 36.7 Å². The summed E-state index contributed by atoms with van der Waals surface area (Å²) in [4.78, 5) is 25.2. The number of esters is 1. The lowest BCUT2D eigenvalue weighted by atomic mass is 10.0. The summed E-state index contributed by atoms with van der Waals surface area (Å²) < 4.78 is 49.9. The molecule has 4 heterocycles. The Bertz CT molecular complexity index is 1440. The summed E-state index contributed by atoms with van der Waals surface area (Å²) in [5, 5.41) is 13.8. The van der Waals surface area contributed by atoms with Crippen LogP contribution in [0.1, 0.15) is 33.9 Å². The zero-order valence-electron chi connectivity index (χ0n) is 23.0. The third-order valence-electron chi connectivity index (χ3n) is 6.47. The smallest absolute Gasteiger partial charge is 0.459 e. The van der Waals surface area contributed by atoms with E-state index >= 15 is 0 Å². The number of rotatable bonds is 12. The molecule has 41 heavy (non-hydrogen) atoms. The van der Waals surface area contributed by atoms with Gasteiger partial charge in [-0.25, -0.2) is 9.55 Å². The van der Waals surface area contributed by atoms with E-state index in [4.69, 9.17) is 33.7 Å². The molecule has 5 rings (SSSR count). The van der Waals surface area contributed by atoms with Crippen LogP contribution in [0.2, 0.25) is 0 Å². The number of aliphatic hydroxyl groups is 1. The monoisotopic (exact) mass is 592 g/mol. The van der Waals surface area contributed by atoms with E-state index < -0.39 is 50.4 Å². The zero-order valence-corrected chi connectivity index (χ0v) is 23.9. The number of nitrogens with zero attached hydrogens (tertiary/aromatic N) is 4. The number of nitrogens with one attached hydrogen (secondary N) is 1. The molecule has 0 amide bonds. The first kappa shape index (κ1) is 29.2. The lowest BCUT2D eigenvalue weighted by Gasteiger charge is -2.32. The maximum atomic E-state index is 13.9. The van der Waals surface area contributed by atoms with Crippen molar-refractivity contribution in [3.8, 4) is 11.6 Å². The van der Waals surface area contributed by atoms with E-state index in [1.54, 1.807) is 55.7 Å². The molecule has 2 aromatic heterocycles. The van der Waals surface area contributed by atoms with Crippen LogP contribution in [0.3, 0.4) is 0 Å². The van der Waals surface area contributed by atoms with Crippen molar-refractivity contribution in [3.05, 3.63) is 36.7 Å². The second-order valence-electron chi connectivity index (χ2n) is 9.95. The fourth-order valence-corrected chi connectivity index (χ4v) is 6.15. The minimum Gasteiger partial charge on any atom is -0.476 e. The van der Waals surface area contributed by atoms with Gasteiger partial charge in [-0.1, -0.05) is 18.2 Å². The summed E-state index contributed by atoms with van der Waals surface area (Å²) in [6.45, 7) is 6.57. The van der Waals surface area contributed by atoms with Gasteiger partial charge in [0.05, 0.1) is 32.3 Å². The first-order valence-corrected chi connectivity index (χ1v) is 14.7. The Hall–Kier alpha value is -3.33. The summed E-state index contributed by atoms with van der Waals surface area (Å²) in [6, 6.07) is 7.30. The van der Waals surface area contributed by atoms with Gasteiger partial charge in [0.2, 0.25) is 11.8 Å². The fraction of sp³-hybridized carbons (Fsp3) is 0.520. The van der Waals surface area contributed by atoms with Crippen LogP contribution < -0.4 is 20.1 Å². The Balaban J connectivity index is 1.38. The maximum Gasteiger partial charge on any atom is 0.459 e. The number of carbonyl (C=O) groups excluding carboxylic acids is 1. The van der Waals surface area contributed by atoms with Crippen LogP contribution >= 0.6 is 7.75 Å². The molecule has 2 saturated heterocycles. The molecule has 2 aliphatic rings. The molecule has 0 saturated carbocycles. The molecule has 1 aromatic carbocycles. The molecule has 0 aliphatic carbocycles. The van der Waals surface area contributed by atoms with Crippen molar-refractivity contribution in [2.45, 2.75) is 63.9 Å². The minimum absolute atomic E-state index is 0.0273. The predicted octanol–water partition coefficient (Wildman–Crippen LogP) is 1.97. The number of aromatic nitrogens is 4. The normalized spacial score (nSPS) is 25.8. The highest BCUT2D eigenvalue weighted by atomic mass is 31.2. The van der Waals surface area contributed by atoms with Gasteiger partial charge in [0.25, 0.3) is 0 Å². The van der Waals surface area contributed by atoms with Gasteiger partial charge in [-0.05, 0) is 39.8 Å². The van der Waals surface area contributed by atoms with Crippen molar-refractivity contribution in [2.75, 3.05) is 25.6 Å². The summed E-state index contributed by atoms with van der Waals surface area (Å²) >= 11 is 0. The molecule has 2 fully saturated rings. The number of hydrogen-bond acceptors (Lipinski definition) is 13. The Kier molecular flexibility index (Phi) is 8.19. The molecule has 1 unspecified atom stereocenters. The molecule has 0 radical (unpaired) electrons. The Labute approximate surface area is 235 Å². The molecule has 15 nitrogen and oxygen atoms in total. The molecule has 4 N–H and O–H groups in total. The van der Waals surface area contributed by atoms with Crippen LogP contribution in [-0.4, -0.2) is 80.4 Å². The van der Waals surface area contributed by atoms with Crippen LogP contribution in [0, 0.1) is 0 Å². The average molecular weight is 593 g/mol. The van der Waals surface area contributed by atoms with Gasteiger partial charge < -0.3 is 34.3 Å². The van der Waals surface area contributed by atoms with Gasteiger partial charge in [0.1, 0.15) is 29.6 Å². The summed E-state index contributed by atoms with van der Waals surface area (Å²) in [7, 11) is -4.22. The lowest BCUT2D eigenvalue weighted by molar-refractivity contribution is -0.183. The van der Waals surface area contributed by atoms with Crippen molar-refractivity contribution in [3.63, 3.8) is 0 Å². The molecule has 2 bridgehead atoms.